The van der Waals surface area contributed by atoms with E-state index in [9.17, 15) is 18.0 Å². The van der Waals surface area contributed by atoms with E-state index in [1.54, 1.807) is 0 Å². The zero-order valence-electron chi connectivity index (χ0n) is 13.3. The molecular formula is C16H17F3N4O. The number of halogens is 3. The largest absolute Gasteiger partial charge is 0.435 e. The number of hydrogen-bond acceptors (Lipinski definition) is 3. The second-order valence-corrected chi connectivity index (χ2v) is 6.29. The van der Waals surface area contributed by atoms with Crippen LogP contribution in [0, 0.1) is 0 Å². The normalized spacial score (nSPS) is 21.2. The lowest BCUT2D eigenvalue weighted by molar-refractivity contribution is -0.140. The van der Waals surface area contributed by atoms with Crippen molar-refractivity contribution >= 4 is 16.9 Å². The van der Waals surface area contributed by atoms with Crippen molar-refractivity contribution in [3.8, 4) is 0 Å². The molecule has 0 radical (unpaired) electrons. The summed E-state index contributed by atoms with van der Waals surface area (Å²) in [5, 5.41) is 6.21. The van der Waals surface area contributed by atoms with Crippen molar-refractivity contribution in [2.45, 2.75) is 37.9 Å². The van der Waals surface area contributed by atoms with Crippen LogP contribution in [-0.2, 0) is 13.2 Å². The predicted octanol–water partition coefficient (Wildman–Crippen LogP) is 3.22. The second kappa shape index (κ2) is 5.61. The van der Waals surface area contributed by atoms with Gasteiger partial charge in [0.2, 0.25) is 0 Å². The fraction of sp³-hybridized carbons (Fsp3) is 0.438. The Bertz CT molecular complexity index is 825. The number of carbonyl (C=O) groups excluding carboxylic acids is 1. The zero-order chi connectivity index (χ0) is 17.5. The van der Waals surface area contributed by atoms with E-state index in [-0.39, 0.29) is 16.6 Å². The molecule has 2 aromatic heterocycles. The highest BCUT2D eigenvalue weighted by Gasteiger charge is 2.37. The van der Waals surface area contributed by atoms with E-state index in [2.05, 4.69) is 15.4 Å². The van der Waals surface area contributed by atoms with E-state index in [0.717, 1.165) is 17.5 Å². The lowest BCUT2D eigenvalue weighted by Crippen LogP contribution is -2.46. The third kappa shape index (κ3) is 3.00. The SMILES string of the molecule is Cn1nc(C(F)(F)F)c2cc(C(=O)NC3(C)CC=CCC3)cnc21. The van der Waals surface area contributed by atoms with Gasteiger partial charge in [-0.2, -0.15) is 18.3 Å². The van der Waals surface area contributed by atoms with Crippen molar-refractivity contribution in [1.82, 2.24) is 20.1 Å². The molecule has 128 valence electrons. The average Bonchev–Trinajstić information content (AvgIpc) is 2.84. The molecule has 1 amide bonds. The van der Waals surface area contributed by atoms with Gasteiger partial charge in [-0.15, -0.1) is 0 Å². The summed E-state index contributed by atoms with van der Waals surface area (Å²) in [6.45, 7) is 1.92. The third-order valence-corrected chi connectivity index (χ3v) is 4.22. The minimum absolute atomic E-state index is 0.0886. The number of fused-ring (bicyclic) bond motifs is 1. The van der Waals surface area contributed by atoms with Crippen molar-refractivity contribution in [2.24, 2.45) is 7.05 Å². The first-order valence-electron chi connectivity index (χ1n) is 7.57. The molecule has 0 aliphatic heterocycles. The number of carbonyl (C=O) groups is 1. The molecule has 0 spiro atoms. The molecule has 1 aliphatic rings. The molecule has 3 rings (SSSR count). The third-order valence-electron chi connectivity index (χ3n) is 4.22. The number of aryl methyl sites for hydroxylation is 1. The van der Waals surface area contributed by atoms with Gasteiger partial charge in [-0.3, -0.25) is 4.79 Å². The molecule has 1 aliphatic carbocycles. The Kier molecular flexibility index (Phi) is 3.85. The van der Waals surface area contributed by atoms with E-state index in [0.29, 0.717) is 6.42 Å². The maximum atomic E-state index is 13.1. The van der Waals surface area contributed by atoms with E-state index >= 15 is 0 Å². The number of rotatable bonds is 2. The van der Waals surface area contributed by atoms with Crippen LogP contribution in [0.25, 0.3) is 11.0 Å². The van der Waals surface area contributed by atoms with Crippen molar-refractivity contribution < 1.29 is 18.0 Å². The predicted molar refractivity (Wildman–Crippen MR) is 82.4 cm³/mol. The minimum Gasteiger partial charge on any atom is -0.347 e. The van der Waals surface area contributed by atoms with Gasteiger partial charge in [0.1, 0.15) is 0 Å². The Labute approximate surface area is 136 Å². The highest BCUT2D eigenvalue weighted by atomic mass is 19.4. The Morgan fingerprint density at radius 3 is 2.75 bits per heavy atom. The Hall–Kier alpha value is -2.38. The van der Waals surface area contributed by atoms with Crippen molar-refractivity contribution in [1.29, 1.82) is 0 Å². The van der Waals surface area contributed by atoms with Gasteiger partial charge in [-0.25, -0.2) is 9.67 Å². The molecule has 0 saturated carbocycles. The zero-order valence-corrected chi connectivity index (χ0v) is 13.3. The molecule has 5 nitrogen and oxygen atoms in total. The van der Waals surface area contributed by atoms with E-state index < -0.39 is 23.3 Å². The van der Waals surface area contributed by atoms with Crippen LogP contribution in [-0.4, -0.2) is 26.2 Å². The first-order valence-corrected chi connectivity index (χ1v) is 7.57. The van der Waals surface area contributed by atoms with E-state index in [1.165, 1.54) is 19.3 Å². The van der Waals surface area contributed by atoms with Gasteiger partial charge in [-0.1, -0.05) is 12.2 Å². The molecule has 1 unspecified atom stereocenters. The molecule has 2 aromatic rings. The minimum atomic E-state index is -4.60. The summed E-state index contributed by atoms with van der Waals surface area (Å²) in [4.78, 5) is 16.4. The summed E-state index contributed by atoms with van der Waals surface area (Å²) in [6, 6.07) is 1.20. The van der Waals surface area contributed by atoms with Crippen molar-refractivity contribution in [3.63, 3.8) is 0 Å². The molecule has 8 heteroatoms. The molecule has 1 atom stereocenters. The molecule has 0 bridgehead atoms. The monoisotopic (exact) mass is 338 g/mol. The Balaban J connectivity index is 1.95. The summed E-state index contributed by atoms with van der Waals surface area (Å²) in [5.74, 6) is -0.431. The molecule has 2 heterocycles. The van der Waals surface area contributed by atoms with Gasteiger partial charge >= 0.3 is 6.18 Å². The topological polar surface area (TPSA) is 59.8 Å². The molecule has 0 saturated heterocycles. The van der Waals surface area contributed by atoms with Crippen LogP contribution in [0.5, 0.6) is 0 Å². The summed E-state index contributed by atoms with van der Waals surface area (Å²) in [7, 11) is 1.39. The fourth-order valence-electron chi connectivity index (χ4n) is 2.90. The van der Waals surface area contributed by atoms with Crippen LogP contribution in [0.15, 0.2) is 24.4 Å². The van der Waals surface area contributed by atoms with E-state index in [4.69, 9.17) is 0 Å². The van der Waals surface area contributed by atoms with Crippen LogP contribution in [0.1, 0.15) is 42.2 Å². The summed E-state index contributed by atoms with van der Waals surface area (Å²) in [5.41, 5.74) is -1.25. The highest BCUT2D eigenvalue weighted by molar-refractivity contribution is 5.97. The second-order valence-electron chi connectivity index (χ2n) is 6.29. The number of nitrogens with one attached hydrogen (secondary N) is 1. The van der Waals surface area contributed by atoms with Gasteiger partial charge in [0, 0.05) is 18.8 Å². The molecule has 24 heavy (non-hydrogen) atoms. The van der Waals surface area contributed by atoms with Gasteiger partial charge in [0.05, 0.1) is 10.9 Å². The smallest absolute Gasteiger partial charge is 0.347 e. The standard InChI is InChI=1S/C16H17F3N4O/c1-15(6-4-3-5-7-15)21-14(24)10-8-11-12(16(17,18)19)22-23(2)13(11)20-9-10/h3-4,8-9H,5-7H2,1-2H3,(H,21,24). The van der Waals surface area contributed by atoms with Crippen LogP contribution in [0.3, 0.4) is 0 Å². The van der Waals surface area contributed by atoms with Crippen LogP contribution < -0.4 is 5.32 Å². The van der Waals surface area contributed by atoms with Crippen LogP contribution in [0.4, 0.5) is 13.2 Å². The number of amides is 1. The van der Waals surface area contributed by atoms with Crippen LogP contribution >= 0.6 is 0 Å². The number of nitrogens with zero attached hydrogens (tertiary/aromatic N) is 3. The summed E-state index contributed by atoms with van der Waals surface area (Å²) >= 11 is 0. The Morgan fingerprint density at radius 1 is 1.38 bits per heavy atom. The lowest BCUT2D eigenvalue weighted by atomic mass is 9.87. The number of alkyl halides is 3. The first-order chi connectivity index (χ1) is 11.2. The van der Waals surface area contributed by atoms with Crippen molar-refractivity contribution in [3.05, 3.63) is 35.7 Å². The van der Waals surface area contributed by atoms with Gasteiger partial charge in [0.15, 0.2) is 11.3 Å². The summed E-state index contributed by atoms with van der Waals surface area (Å²) in [6.07, 6.45) is 3.05. The quantitative estimate of drug-likeness (QED) is 0.856. The average molecular weight is 338 g/mol. The van der Waals surface area contributed by atoms with Gasteiger partial charge in [-0.05, 0) is 32.3 Å². The number of pyridine rings is 1. The molecule has 1 N–H and O–H groups in total. The number of hydrogen-bond donors (Lipinski definition) is 1. The van der Waals surface area contributed by atoms with Gasteiger partial charge in [0.25, 0.3) is 5.91 Å². The first kappa shape index (κ1) is 16.5. The van der Waals surface area contributed by atoms with E-state index in [1.807, 2.05) is 19.1 Å². The summed E-state index contributed by atoms with van der Waals surface area (Å²) < 4.78 is 40.3. The Morgan fingerprint density at radius 2 is 2.12 bits per heavy atom. The number of allylic oxidation sites excluding steroid dienone is 1. The van der Waals surface area contributed by atoms with Crippen LogP contribution in [0.2, 0.25) is 0 Å². The maximum Gasteiger partial charge on any atom is 0.435 e. The fourth-order valence-corrected chi connectivity index (χ4v) is 2.90. The maximum absolute atomic E-state index is 13.1. The van der Waals surface area contributed by atoms with Crippen molar-refractivity contribution in [2.75, 3.05) is 0 Å². The molecule has 0 aromatic carbocycles. The molecule has 0 fully saturated rings. The van der Waals surface area contributed by atoms with Gasteiger partial charge < -0.3 is 5.32 Å². The molecular weight excluding hydrogens is 321 g/mol. The number of aromatic nitrogens is 3. The lowest BCUT2D eigenvalue weighted by Gasteiger charge is -2.31. The highest BCUT2D eigenvalue weighted by Crippen LogP contribution is 2.33.